The molecule has 0 bridgehead atoms. The Morgan fingerprint density at radius 3 is 2.89 bits per heavy atom. The van der Waals surface area contributed by atoms with Gasteiger partial charge in [0.15, 0.2) is 0 Å². The molecule has 138 valence electrons. The SMILES string of the molecule is C=C(F)/C=C/n1cc2ccc(-c3noc(C4CCN(C=O)CC4)n3)cc2n1. The summed E-state index contributed by atoms with van der Waals surface area (Å²) in [4.78, 5) is 17.1. The van der Waals surface area contributed by atoms with Gasteiger partial charge in [-0.3, -0.25) is 4.79 Å². The maximum Gasteiger partial charge on any atom is 0.230 e. The van der Waals surface area contributed by atoms with Crippen LogP contribution in [0.25, 0.3) is 28.5 Å². The number of allylic oxidation sites excluding steroid dienone is 2. The number of aromatic nitrogens is 4. The first kappa shape index (κ1) is 17.1. The molecule has 0 radical (unpaired) electrons. The highest BCUT2D eigenvalue weighted by Crippen LogP contribution is 2.29. The number of halogens is 1. The van der Waals surface area contributed by atoms with Crippen LogP contribution in [0.2, 0.25) is 0 Å². The topological polar surface area (TPSA) is 77.0 Å². The Hall–Kier alpha value is -3.29. The molecule has 0 saturated carbocycles. The van der Waals surface area contributed by atoms with Gasteiger partial charge in [-0.15, -0.1) is 0 Å². The standard InChI is InChI=1S/C19H18FN5O2/c1-13(20)4-9-25-11-16-3-2-15(10-17(16)22-25)18-21-19(27-23-18)14-5-7-24(12-26)8-6-14/h2-4,9-12,14H,1,5-8H2/b9-4+. The van der Waals surface area contributed by atoms with Crippen LogP contribution in [0.5, 0.6) is 0 Å². The van der Waals surface area contributed by atoms with Gasteiger partial charge in [-0.05, 0) is 25.0 Å². The van der Waals surface area contributed by atoms with Gasteiger partial charge in [-0.1, -0.05) is 23.9 Å². The predicted octanol–water partition coefficient (Wildman–Crippen LogP) is 3.38. The Bertz CT molecular complexity index is 1010. The first-order chi connectivity index (χ1) is 13.1. The lowest BCUT2D eigenvalue weighted by Crippen LogP contribution is -2.31. The van der Waals surface area contributed by atoms with E-state index in [4.69, 9.17) is 4.52 Å². The van der Waals surface area contributed by atoms with Gasteiger partial charge in [0.05, 0.1) is 5.52 Å². The molecule has 1 fully saturated rings. The van der Waals surface area contributed by atoms with E-state index in [0.717, 1.165) is 35.7 Å². The number of piperidine rings is 1. The fraction of sp³-hybridized carbons (Fsp3) is 0.263. The Morgan fingerprint density at radius 2 is 2.15 bits per heavy atom. The predicted molar refractivity (Wildman–Crippen MR) is 98.2 cm³/mol. The summed E-state index contributed by atoms with van der Waals surface area (Å²) in [5.74, 6) is 0.746. The number of rotatable bonds is 5. The molecule has 27 heavy (non-hydrogen) atoms. The minimum absolute atomic E-state index is 0.171. The van der Waals surface area contributed by atoms with Gasteiger partial charge in [0.2, 0.25) is 18.1 Å². The van der Waals surface area contributed by atoms with Crippen LogP contribution in [0.4, 0.5) is 4.39 Å². The maximum absolute atomic E-state index is 12.8. The molecule has 7 nitrogen and oxygen atoms in total. The average molecular weight is 367 g/mol. The first-order valence-electron chi connectivity index (χ1n) is 8.67. The normalized spacial score (nSPS) is 15.7. The van der Waals surface area contributed by atoms with Gasteiger partial charge >= 0.3 is 0 Å². The summed E-state index contributed by atoms with van der Waals surface area (Å²) >= 11 is 0. The van der Waals surface area contributed by atoms with Crippen molar-refractivity contribution in [2.45, 2.75) is 18.8 Å². The number of carbonyl (C=O) groups is 1. The molecule has 1 amide bonds. The van der Waals surface area contributed by atoms with E-state index in [1.165, 1.54) is 17.0 Å². The highest BCUT2D eigenvalue weighted by molar-refractivity contribution is 5.83. The van der Waals surface area contributed by atoms with Crippen molar-refractivity contribution in [3.8, 4) is 11.4 Å². The van der Waals surface area contributed by atoms with Crippen LogP contribution in [0.1, 0.15) is 24.7 Å². The van der Waals surface area contributed by atoms with Gasteiger partial charge in [-0.25, -0.2) is 9.07 Å². The molecular formula is C19H18FN5O2. The Balaban J connectivity index is 1.55. The lowest BCUT2D eigenvalue weighted by atomic mass is 9.97. The fourth-order valence-corrected chi connectivity index (χ4v) is 3.18. The number of hydrogen-bond acceptors (Lipinski definition) is 5. The lowest BCUT2D eigenvalue weighted by molar-refractivity contribution is -0.119. The second-order valence-electron chi connectivity index (χ2n) is 6.52. The summed E-state index contributed by atoms with van der Waals surface area (Å²) in [6, 6.07) is 5.67. The third-order valence-electron chi connectivity index (χ3n) is 4.66. The van der Waals surface area contributed by atoms with Crippen molar-refractivity contribution in [1.29, 1.82) is 0 Å². The van der Waals surface area contributed by atoms with Gasteiger partial charge in [0, 0.05) is 42.4 Å². The largest absolute Gasteiger partial charge is 0.345 e. The minimum Gasteiger partial charge on any atom is -0.345 e. The third-order valence-corrected chi connectivity index (χ3v) is 4.66. The minimum atomic E-state index is -0.534. The first-order valence-corrected chi connectivity index (χ1v) is 8.67. The van der Waals surface area contributed by atoms with Crippen molar-refractivity contribution in [3.63, 3.8) is 0 Å². The summed E-state index contributed by atoms with van der Waals surface area (Å²) in [6.07, 6.45) is 7.05. The van der Waals surface area contributed by atoms with Crippen LogP contribution < -0.4 is 0 Å². The van der Waals surface area contributed by atoms with E-state index in [9.17, 15) is 9.18 Å². The molecule has 2 aromatic heterocycles. The van der Waals surface area contributed by atoms with Crippen molar-refractivity contribution in [2.24, 2.45) is 0 Å². The molecule has 3 aromatic rings. The third kappa shape index (κ3) is 3.64. The molecule has 1 aliphatic heterocycles. The van der Waals surface area contributed by atoms with E-state index in [1.54, 1.807) is 11.1 Å². The van der Waals surface area contributed by atoms with E-state index in [0.29, 0.717) is 24.8 Å². The summed E-state index contributed by atoms with van der Waals surface area (Å²) < 4.78 is 19.7. The van der Waals surface area contributed by atoms with Crippen molar-refractivity contribution in [2.75, 3.05) is 13.1 Å². The molecular weight excluding hydrogens is 349 g/mol. The number of hydrogen-bond donors (Lipinski definition) is 0. The van der Waals surface area contributed by atoms with Crippen LogP contribution in [0, 0.1) is 0 Å². The van der Waals surface area contributed by atoms with Crippen molar-refractivity contribution in [3.05, 3.63) is 48.8 Å². The highest BCUT2D eigenvalue weighted by atomic mass is 19.1. The number of nitrogens with zero attached hydrogens (tertiary/aromatic N) is 5. The zero-order chi connectivity index (χ0) is 18.8. The second-order valence-corrected chi connectivity index (χ2v) is 6.52. The fourth-order valence-electron chi connectivity index (χ4n) is 3.18. The smallest absolute Gasteiger partial charge is 0.230 e. The molecule has 0 aliphatic carbocycles. The summed E-state index contributed by atoms with van der Waals surface area (Å²) in [7, 11) is 0. The van der Waals surface area contributed by atoms with Gasteiger partial charge in [0.25, 0.3) is 0 Å². The highest BCUT2D eigenvalue weighted by Gasteiger charge is 2.24. The molecule has 1 saturated heterocycles. The Morgan fingerprint density at radius 1 is 1.33 bits per heavy atom. The number of fused-ring (bicyclic) bond motifs is 1. The Labute approximate surface area is 154 Å². The number of benzene rings is 1. The Kier molecular flexibility index (Phi) is 4.53. The van der Waals surface area contributed by atoms with E-state index >= 15 is 0 Å². The van der Waals surface area contributed by atoms with Crippen molar-refractivity contribution >= 4 is 23.5 Å². The summed E-state index contributed by atoms with van der Waals surface area (Å²) in [6.45, 7) is 4.59. The van der Waals surface area contributed by atoms with Crippen LogP contribution in [-0.4, -0.2) is 44.3 Å². The summed E-state index contributed by atoms with van der Waals surface area (Å²) in [5.41, 5.74) is 1.54. The number of carbonyl (C=O) groups excluding carboxylic acids is 1. The molecule has 1 aromatic carbocycles. The molecule has 8 heteroatoms. The molecule has 0 N–H and O–H groups in total. The van der Waals surface area contributed by atoms with Crippen LogP contribution in [0.15, 0.2) is 47.4 Å². The van der Waals surface area contributed by atoms with Gasteiger partial charge in [0.1, 0.15) is 5.83 Å². The van der Waals surface area contributed by atoms with Crippen LogP contribution in [0.3, 0.4) is 0 Å². The van der Waals surface area contributed by atoms with Crippen molar-refractivity contribution < 1.29 is 13.7 Å². The van der Waals surface area contributed by atoms with Crippen LogP contribution in [-0.2, 0) is 4.79 Å². The number of amides is 1. The zero-order valence-electron chi connectivity index (χ0n) is 14.6. The average Bonchev–Trinajstić information content (AvgIpc) is 3.32. The number of likely N-dealkylation sites (tertiary alicyclic amines) is 1. The molecule has 0 atom stereocenters. The summed E-state index contributed by atoms with van der Waals surface area (Å²) in [5, 5.41) is 9.39. The maximum atomic E-state index is 12.8. The molecule has 3 heterocycles. The molecule has 1 aliphatic rings. The molecule has 4 rings (SSSR count). The quantitative estimate of drug-likeness (QED) is 0.510. The van der Waals surface area contributed by atoms with E-state index in [1.807, 2.05) is 18.2 Å². The molecule has 0 unspecified atom stereocenters. The molecule has 0 spiro atoms. The zero-order valence-corrected chi connectivity index (χ0v) is 14.6. The second kappa shape index (κ2) is 7.14. The van der Waals surface area contributed by atoms with Crippen LogP contribution >= 0.6 is 0 Å². The van der Waals surface area contributed by atoms with Gasteiger partial charge in [-0.2, -0.15) is 10.1 Å². The monoisotopic (exact) mass is 367 g/mol. The van der Waals surface area contributed by atoms with Gasteiger partial charge < -0.3 is 9.42 Å². The van der Waals surface area contributed by atoms with E-state index in [2.05, 4.69) is 21.8 Å². The van der Waals surface area contributed by atoms with Crippen molar-refractivity contribution in [1.82, 2.24) is 24.8 Å². The van der Waals surface area contributed by atoms with E-state index in [-0.39, 0.29) is 5.92 Å². The lowest BCUT2D eigenvalue weighted by Gasteiger charge is -2.26. The van der Waals surface area contributed by atoms with E-state index < -0.39 is 5.83 Å².